The summed E-state index contributed by atoms with van der Waals surface area (Å²) in [7, 11) is 0. The van der Waals surface area contributed by atoms with E-state index in [0.29, 0.717) is 12.1 Å². The van der Waals surface area contributed by atoms with E-state index in [2.05, 4.69) is 4.90 Å². The molecule has 1 aliphatic rings. The molecule has 2 nitrogen and oxygen atoms in total. The molecule has 1 aromatic rings. The van der Waals surface area contributed by atoms with Gasteiger partial charge in [0.2, 0.25) is 0 Å². The highest BCUT2D eigenvalue weighted by Gasteiger charge is 2.38. The van der Waals surface area contributed by atoms with Crippen molar-refractivity contribution in [3.05, 3.63) is 35.4 Å². The number of alkyl halides is 3. The van der Waals surface area contributed by atoms with Crippen molar-refractivity contribution in [2.45, 2.75) is 38.4 Å². The summed E-state index contributed by atoms with van der Waals surface area (Å²) in [6, 6.07) is 5.71. The van der Waals surface area contributed by atoms with Gasteiger partial charge in [0.15, 0.2) is 0 Å². The standard InChI is InChI=1S/C16H23F3N2/c1-2-21-10-6-5-7-12(11-20)15(21)13-8-3-4-9-14(13)16(17,18)19/h3-4,8-9,12,15H,2,5-7,10-11,20H2,1H3. The van der Waals surface area contributed by atoms with Crippen molar-refractivity contribution in [1.29, 1.82) is 0 Å². The van der Waals surface area contributed by atoms with Crippen molar-refractivity contribution in [3.63, 3.8) is 0 Å². The summed E-state index contributed by atoms with van der Waals surface area (Å²) in [4.78, 5) is 2.15. The summed E-state index contributed by atoms with van der Waals surface area (Å²) < 4.78 is 40.0. The topological polar surface area (TPSA) is 29.3 Å². The number of nitrogens with two attached hydrogens (primary N) is 1. The molecule has 2 N–H and O–H groups in total. The third-order valence-electron chi connectivity index (χ3n) is 4.40. The Hall–Kier alpha value is -1.07. The number of hydrogen-bond donors (Lipinski definition) is 1. The van der Waals surface area contributed by atoms with Crippen LogP contribution < -0.4 is 5.73 Å². The normalized spacial score (nSPS) is 24.8. The molecule has 1 aromatic carbocycles. The minimum absolute atomic E-state index is 0.0796. The molecular formula is C16H23F3N2. The van der Waals surface area contributed by atoms with Crippen LogP contribution in [0.5, 0.6) is 0 Å². The van der Waals surface area contributed by atoms with Crippen LogP contribution in [0.2, 0.25) is 0 Å². The first kappa shape index (κ1) is 16.3. The summed E-state index contributed by atoms with van der Waals surface area (Å²) in [6.45, 7) is 4.01. The second-order valence-corrected chi connectivity index (χ2v) is 5.65. The minimum atomic E-state index is -4.32. The lowest BCUT2D eigenvalue weighted by Gasteiger charge is -2.35. The molecule has 1 aliphatic heterocycles. The Morgan fingerprint density at radius 1 is 1.24 bits per heavy atom. The van der Waals surface area contributed by atoms with Gasteiger partial charge in [-0.15, -0.1) is 0 Å². The van der Waals surface area contributed by atoms with E-state index in [-0.39, 0.29) is 12.0 Å². The zero-order chi connectivity index (χ0) is 15.5. The zero-order valence-corrected chi connectivity index (χ0v) is 12.4. The SMILES string of the molecule is CCN1CCCCC(CN)C1c1ccccc1C(F)(F)F. The van der Waals surface area contributed by atoms with Gasteiger partial charge in [0.1, 0.15) is 0 Å². The minimum Gasteiger partial charge on any atom is -0.330 e. The molecule has 0 radical (unpaired) electrons. The molecule has 0 bridgehead atoms. The summed E-state index contributed by atoms with van der Waals surface area (Å²) in [6.07, 6.45) is -1.37. The fourth-order valence-corrected chi connectivity index (χ4v) is 3.38. The summed E-state index contributed by atoms with van der Waals surface area (Å²) in [5.41, 5.74) is 5.73. The molecule has 0 amide bonds. The maximum Gasteiger partial charge on any atom is 0.416 e. The van der Waals surface area contributed by atoms with Crippen molar-refractivity contribution in [2.24, 2.45) is 11.7 Å². The Bertz CT molecular complexity index is 445. The number of benzene rings is 1. The van der Waals surface area contributed by atoms with Gasteiger partial charge in [-0.1, -0.05) is 31.5 Å². The van der Waals surface area contributed by atoms with Gasteiger partial charge in [-0.3, -0.25) is 4.90 Å². The lowest BCUT2D eigenvalue weighted by atomic mass is 9.86. The molecule has 5 heteroatoms. The van der Waals surface area contributed by atoms with E-state index in [1.165, 1.54) is 12.1 Å². The quantitative estimate of drug-likeness (QED) is 0.919. The largest absolute Gasteiger partial charge is 0.416 e. The van der Waals surface area contributed by atoms with Crippen LogP contribution in [-0.2, 0) is 6.18 Å². The average molecular weight is 300 g/mol. The van der Waals surface area contributed by atoms with Crippen molar-refractivity contribution in [1.82, 2.24) is 4.90 Å². The average Bonchev–Trinajstić information content (AvgIpc) is 2.67. The summed E-state index contributed by atoms with van der Waals surface area (Å²) >= 11 is 0. The molecule has 2 rings (SSSR count). The molecule has 0 aromatic heterocycles. The Kier molecular flexibility index (Phi) is 5.27. The lowest BCUT2D eigenvalue weighted by Crippen LogP contribution is -2.36. The van der Waals surface area contributed by atoms with E-state index in [9.17, 15) is 13.2 Å². The van der Waals surface area contributed by atoms with Crippen LogP contribution in [-0.4, -0.2) is 24.5 Å². The molecule has 2 unspecified atom stereocenters. The Balaban J connectivity index is 2.49. The summed E-state index contributed by atoms with van der Waals surface area (Å²) in [5, 5.41) is 0. The maximum atomic E-state index is 13.3. The number of halogens is 3. The van der Waals surface area contributed by atoms with Crippen LogP contribution in [0.25, 0.3) is 0 Å². The highest BCUT2D eigenvalue weighted by atomic mass is 19.4. The van der Waals surface area contributed by atoms with Gasteiger partial charge in [-0.25, -0.2) is 0 Å². The van der Waals surface area contributed by atoms with Crippen molar-refractivity contribution in [2.75, 3.05) is 19.6 Å². The molecule has 2 atom stereocenters. The molecule has 1 fully saturated rings. The highest BCUT2D eigenvalue weighted by molar-refractivity contribution is 5.33. The van der Waals surface area contributed by atoms with E-state index in [1.807, 2.05) is 6.92 Å². The van der Waals surface area contributed by atoms with Crippen LogP contribution >= 0.6 is 0 Å². The number of nitrogens with zero attached hydrogens (tertiary/aromatic N) is 1. The predicted octanol–water partition coefficient (Wildman–Crippen LogP) is 3.83. The van der Waals surface area contributed by atoms with Crippen molar-refractivity contribution >= 4 is 0 Å². The van der Waals surface area contributed by atoms with Crippen LogP contribution in [0.15, 0.2) is 24.3 Å². The molecule has 1 heterocycles. The van der Waals surface area contributed by atoms with Gasteiger partial charge in [0.25, 0.3) is 0 Å². The first-order chi connectivity index (χ1) is 9.99. The van der Waals surface area contributed by atoms with Crippen LogP contribution in [0.3, 0.4) is 0 Å². The predicted molar refractivity (Wildman–Crippen MR) is 77.8 cm³/mol. The smallest absolute Gasteiger partial charge is 0.330 e. The van der Waals surface area contributed by atoms with E-state index in [1.54, 1.807) is 12.1 Å². The molecule has 118 valence electrons. The highest BCUT2D eigenvalue weighted by Crippen LogP contribution is 2.41. The van der Waals surface area contributed by atoms with Gasteiger partial charge < -0.3 is 5.73 Å². The lowest BCUT2D eigenvalue weighted by molar-refractivity contribution is -0.139. The van der Waals surface area contributed by atoms with E-state index < -0.39 is 11.7 Å². The molecule has 0 aliphatic carbocycles. The maximum absolute atomic E-state index is 13.3. The number of hydrogen-bond acceptors (Lipinski definition) is 2. The second-order valence-electron chi connectivity index (χ2n) is 5.65. The van der Waals surface area contributed by atoms with Gasteiger partial charge >= 0.3 is 6.18 Å². The zero-order valence-electron chi connectivity index (χ0n) is 12.4. The van der Waals surface area contributed by atoms with E-state index in [4.69, 9.17) is 5.73 Å². The van der Waals surface area contributed by atoms with Gasteiger partial charge in [0, 0.05) is 6.04 Å². The van der Waals surface area contributed by atoms with Crippen molar-refractivity contribution < 1.29 is 13.2 Å². The molecule has 0 spiro atoms. The first-order valence-corrected chi connectivity index (χ1v) is 7.59. The fourth-order valence-electron chi connectivity index (χ4n) is 3.38. The van der Waals surface area contributed by atoms with Gasteiger partial charge in [-0.2, -0.15) is 13.2 Å². The fraction of sp³-hybridized carbons (Fsp3) is 0.625. The van der Waals surface area contributed by atoms with Gasteiger partial charge in [-0.05, 0) is 50.0 Å². The van der Waals surface area contributed by atoms with E-state index in [0.717, 1.165) is 32.4 Å². The Morgan fingerprint density at radius 2 is 1.95 bits per heavy atom. The third-order valence-corrected chi connectivity index (χ3v) is 4.40. The van der Waals surface area contributed by atoms with E-state index >= 15 is 0 Å². The first-order valence-electron chi connectivity index (χ1n) is 7.59. The van der Waals surface area contributed by atoms with Crippen LogP contribution in [0.4, 0.5) is 13.2 Å². The van der Waals surface area contributed by atoms with Crippen LogP contribution in [0.1, 0.15) is 43.4 Å². The summed E-state index contributed by atoms with van der Waals surface area (Å²) in [5.74, 6) is 0.0796. The monoisotopic (exact) mass is 300 g/mol. The second kappa shape index (κ2) is 6.79. The number of likely N-dealkylation sites (tertiary alicyclic amines) is 1. The molecule has 0 saturated carbocycles. The van der Waals surface area contributed by atoms with Crippen LogP contribution in [0, 0.1) is 5.92 Å². The molecular weight excluding hydrogens is 277 g/mol. The molecule has 1 saturated heterocycles. The third kappa shape index (κ3) is 3.58. The molecule has 21 heavy (non-hydrogen) atoms. The van der Waals surface area contributed by atoms with Gasteiger partial charge in [0.05, 0.1) is 5.56 Å². The Morgan fingerprint density at radius 3 is 2.57 bits per heavy atom. The Labute approximate surface area is 124 Å². The van der Waals surface area contributed by atoms with Crippen molar-refractivity contribution in [3.8, 4) is 0 Å². The number of rotatable bonds is 3.